The maximum absolute atomic E-state index is 11.2. The lowest BCUT2D eigenvalue weighted by molar-refractivity contribution is -0.142. The molecular weight excluding hydrogens is 210 g/mol. The van der Waals surface area contributed by atoms with Crippen LogP contribution < -0.4 is 5.32 Å². The average molecular weight is 229 g/mol. The Hall–Kier alpha value is -1.36. The molecule has 0 aromatic heterocycles. The van der Waals surface area contributed by atoms with Crippen molar-refractivity contribution in [2.75, 3.05) is 26.8 Å². The van der Waals surface area contributed by atoms with E-state index >= 15 is 0 Å². The molecule has 0 heterocycles. The third kappa shape index (κ3) is 6.19. The summed E-state index contributed by atoms with van der Waals surface area (Å²) in [6.07, 6.45) is 2.32. The predicted molar refractivity (Wildman–Crippen MR) is 59.9 cm³/mol. The summed E-state index contributed by atoms with van der Waals surface area (Å²) in [6, 6.07) is 0. The lowest BCUT2D eigenvalue weighted by Crippen LogP contribution is -2.25. The molecule has 0 aromatic carbocycles. The molecule has 0 fully saturated rings. The third-order valence-corrected chi connectivity index (χ3v) is 1.90. The molecule has 5 heteroatoms. The Kier molecular flexibility index (Phi) is 8.15. The molecule has 92 valence electrons. The normalized spacial score (nSPS) is 11.1. The molecule has 0 bridgehead atoms. The molecule has 0 radical (unpaired) electrons. The number of carbonyl (C=O) groups is 2. The third-order valence-electron chi connectivity index (χ3n) is 1.90. The van der Waals surface area contributed by atoms with Crippen molar-refractivity contribution in [3.63, 3.8) is 0 Å². The number of nitrogens with one attached hydrogen (secondary N) is 1. The van der Waals surface area contributed by atoms with Crippen molar-refractivity contribution in [3.8, 4) is 0 Å². The van der Waals surface area contributed by atoms with Crippen molar-refractivity contribution >= 4 is 11.9 Å². The van der Waals surface area contributed by atoms with Crippen molar-refractivity contribution < 1.29 is 19.1 Å². The van der Waals surface area contributed by atoms with Crippen molar-refractivity contribution in [2.24, 2.45) is 0 Å². The first-order valence-electron chi connectivity index (χ1n) is 5.29. The van der Waals surface area contributed by atoms with Gasteiger partial charge >= 0.3 is 11.9 Å². The van der Waals surface area contributed by atoms with E-state index in [4.69, 9.17) is 4.74 Å². The molecule has 0 rings (SSSR count). The molecule has 0 amide bonds. The van der Waals surface area contributed by atoms with Crippen LogP contribution in [-0.2, 0) is 19.1 Å². The molecule has 0 atom stereocenters. The number of rotatable bonds is 7. The number of carbonyl (C=O) groups excluding carboxylic acids is 2. The van der Waals surface area contributed by atoms with Gasteiger partial charge in [0.15, 0.2) is 0 Å². The highest BCUT2D eigenvalue weighted by Crippen LogP contribution is 2.01. The van der Waals surface area contributed by atoms with Crippen LogP contribution in [0.5, 0.6) is 0 Å². The maximum Gasteiger partial charge on any atom is 0.333 e. The molecule has 0 aliphatic carbocycles. The Labute approximate surface area is 95.8 Å². The number of ether oxygens (including phenoxy) is 2. The van der Waals surface area contributed by atoms with Crippen LogP contribution in [0.1, 0.15) is 20.3 Å². The predicted octanol–water partition coefficient (Wildman–Crippen LogP) is 0.648. The van der Waals surface area contributed by atoms with Gasteiger partial charge in [0, 0.05) is 12.1 Å². The fourth-order valence-corrected chi connectivity index (χ4v) is 1.08. The summed E-state index contributed by atoms with van der Waals surface area (Å²) in [5, 5.41) is 2.86. The largest absolute Gasteiger partial charge is 0.466 e. The zero-order chi connectivity index (χ0) is 12.4. The van der Waals surface area contributed by atoms with Crippen LogP contribution in [0.25, 0.3) is 0 Å². The van der Waals surface area contributed by atoms with Crippen LogP contribution >= 0.6 is 0 Å². The number of hydrogen-bond donors (Lipinski definition) is 1. The smallest absolute Gasteiger partial charge is 0.333 e. The first-order chi connectivity index (χ1) is 7.65. The molecule has 0 saturated carbocycles. The summed E-state index contributed by atoms with van der Waals surface area (Å²) in [5.41, 5.74) is 0.596. The molecular formula is C11H19NO4. The highest BCUT2D eigenvalue weighted by molar-refractivity contribution is 5.88. The topological polar surface area (TPSA) is 64.6 Å². The quantitative estimate of drug-likeness (QED) is 0.394. The molecule has 16 heavy (non-hydrogen) atoms. The summed E-state index contributed by atoms with van der Waals surface area (Å²) in [7, 11) is 1.35. The second kappa shape index (κ2) is 8.91. The maximum atomic E-state index is 11.2. The lowest BCUT2D eigenvalue weighted by Gasteiger charge is -2.04. The van der Waals surface area contributed by atoms with Crippen LogP contribution in [0.15, 0.2) is 11.6 Å². The highest BCUT2D eigenvalue weighted by atomic mass is 16.5. The molecule has 1 N–H and O–H groups in total. The fourth-order valence-electron chi connectivity index (χ4n) is 1.08. The van der Waals surface area contributed by atoms with Gasteiger partial charge in [-0.25, -0.2) is 4.79 Å². The van der Waals surface area contributed by atoms with E-state index in [1.165, 1.54) is 7.11 Å². The van der Waals surface area contributed by atoms with Crippen LogP contribution in [0.3, 0.4) is 0 Å². The van der Waals surface area contributed by atoms with E-state index in [0.29, 0.717) is 25.1 Å². The Morgan fingerprint density at radius 2 is 2.00 bits per heavy atom. The van der Waals surface area contributed by atoms with Gasteiger partial charge in [0.2, 0.25) is 0 Å². The first kappa shape index (κ1) is 14.6. The minimum absolute atomic E-state index is 0.141. The van der Waals surface area contributed by atoms with E-state index in [-0.39, 0.29) is 18.5 Å². The van der Waals surface area contributed by atoms with Crippen LogP contribution in [-0.4, -0.2) is 38.7 Å². The van der Waals surface area contributed by atoms with Gasteiger partial charge in [-0.3, -0.25) is 4.79 Å². The Morgan fingerprint density at radius 1 is 1.31 bits per heavy atom. The van der Waals surface area contributed by atoms with E-state index in [1.807, 2.05) is 6.92 Å². The number of hydrogen-bond acceptors (Lipinski definition) is 5. The SMILES string of the molecule is CCOC(=O)CNC/C=C(/CC)C(=O)OC. The van der Waals surface area contributed by atoms with Crippen molar-refractivity contribution in [1.82, 2.24) is 5.32 Å². The molecule has 0 aromatic rings. The fraction of sp³-hybridized carbons (Fsp3) is 0.636. The van der Waals surface area contributed by atoms with Gasteiger partial charge in [-0.2, -0.15) is 0 Å². The van der Waals surface area contributed by atoms with Crippen LogP contribution in [0.4, 0.5) is 0 Å². The number of esters is 2. The summed E-state index contributed by atoms with van der Waals surface area (Å²) >= 11 is 0. The first-order valence-corrected chi connectivity index (χ1v) is 5.29. The second-order valence-corrected chi connectivity index (χ2v) is 3.01. The Morgan fingerprint density at radius 3 is 2.50 bits per heavy atom. The molecule has 0 saturated heterocycles. The zero-order valence-corrected chi connectivity index (χ0v) is 10.0. The van der Waals surface area contributed by atoms with Crippen molar-refractivity contribution in [1.29, 1.82) is 0 Å². The summed E-state index contributed by atoms with van der Waals surface area (Å²) in [5.74, 6) is -0.632. The molecule has 0 aliphatic heterocycles. The van der Waals surface area contributed by atoms with Gasteiger partial charge in [0.1, 0.15) is 0 Å². The van der Waals surface area contributed by atoms with E-state index in [2.05, 4.69) is 10.1 Å². The van der Waals surface area contributed by atoms with Gasteiger partial charge in [-0.1, -0.05) is 13.0 Å². The van der Waals surface area contributed by atoms with Crippen molar-refractivity contribution in [2.45, 2.75) is 20.3 Å². The van der Waals surface area contributed by atoms with Gasteiger partial charge < -0.3 is 14.8 Å². The molecule has 5 nitrogen and oxygen atoms in total. The van der Waals surface area contributed by atoms with Gasteiger partial charge in [-0.05, 0) is 13.3 Å². The zero-order valence-electron chi connectivity index (χ0n) is 10.0. The monoisotopic (exact) mass is 229 g/mol. The minimum Gasteiger partial charge on any atom is -0.466 e. The highest BCUT2D eigenvalue weighted by Gasteiger charge is 2.06. The van der Waals surface area contributed by atoms with E-state index in [0.717, 1.165) is 0 Å². The Bertz CT molecular complexity index is 261. The number of methoxy groups -OCH3 is 1. The molecule has 0 spiro atoms. The summed E-state index contributed by atoms with van der Waals surface area (Å²) in [4.78, 5) is 22.1. The van der Waals surface area contributed by atoms with Crippen LogP contribution in [0, 0.1) is 0 Å². The van der Waals surface area contributed by atoms with Gasteiger partial charge in [0.25, 0.3) is 0 Å². The van der Waals surface area contributed by atoms with E-state index < -0.39 is 0 Å². The van der Waals surface area contributed by atoms with E-state index in [1.54, 1.807) is 13.0 Å². The average Bonchev–Trinajstić information content (AvgIpc) is 2.28. The Balaban J connectivity index is 3.88. The molecule has 0 unspecified atom stereocenters. The lowest BCUT2D eigenvalue weighted by atomic mass is 10.2. The van der Waals surface area contributed by atoms with Gasteiger partial charge in [-0.15, -0.1) is 0 Å². The summed E-state index contributed by atoms with van der Waals surface area (Å²) < 4.78 is 9.32. The van der Waals surface area contributed by atoms with E-state index in [9.17, 15) is 9.59 Å². The second-order valence-electron chi connectivity index (χ2n) is 3.01. The van der Waals surface area contributed by atoms with Gasteiger partial charge in [0.05, 0.1) is 20.3 Å². The standard InChI is InChI=1S/C11H19NO4/c1-4-9(11(14)15-3)6-7-12-8-10(13)16-5-2/h6,12H,4-5,7-8H2,1-3H3/b9-6-. The molecule has 0 aliphatic rings. The summed E-state index contributed by atoms with van der Waals surface area (Å²) in [6.45, 7) is 4.58. The minimum atomic E-state index is -0.333. The van der Waals surface area contributed by atoms with Crippen LogP contribution in [0.2, 0.25) is 0 Å². The van der Waals surface area contributed by atoms with Crippen molar-refractivity contribution in [3.05, 3.63) is 11.6 Å².